The summed E-state index contributed by atoms with van der Waals surface area (Å²) in [5, 5.41) is 3.54. The number of hydrogen-bond acceptors (Lipinski definition) is 7. The molecule has 0 aliphatic heterocycles. The lowest BCUT2D eigenvalue weighted by molar-refractivity contribution is 0.727. The molecule has 3 aromatic rings. The fourth-order valence-electron chi connectivity index (χ4n) is 3.45. The van der Waals surface area contributed by atoms with Gasteiger partial charge in [-0.15, -0.1) is 0 Å². The molecule has 6 nitrogen and oxygen atoms in total. The van der Waals surface area contributed by atoms with Crippen LogP contribution in [0.4, 0.5) is 17.3 Å². The maximum Gasteiger partial charge on any atom is 0.139 e. The maximum absolute atomic E-state index is 4.75. The van der Waals surface area contributed by atoms with Crippen molar-refractivity contribution in [2.24, 2.45) is 0 Å². The van der Waals surface area contributed by atoms with E-state index in [1.165, 1.54) is 11.7 Å². The third-order valence-electron chi connectivity index (χ3n) is 4.69. The molecule has 1 N–H and O–H groups in total. The molecule has 2 heterocycles. The lowest BCUT2D eigenvalue weighted by atomic mass is 10.1. The van der Waals surface area contributed by atoms with E-state index >= 15 is 0 Å². The predicted octanol–water partition coefficient (Wildman–Crippen LogP) is 5.08. The number of benzene rings is 1. The smallest absolute Gasteiger partial charge is 0.139 e. The van der Waals surface area contributed by atoms with Crippen LogP contribution in [-0.2, 0) is 0 Å². The Morgan fingerprint density at radius 3 is 2.26 bits per heavy atom. The van der Waals surface area contributed by atoms with E-state index in [0.717, 1.165) is 76.8 Å². The number of nitrogens with one attached hydrogen (secondary N) is 1. The van der Waals surface area contributed by atoms with Crippen LogP contribution in [0, 0.1) is 27.7 Å². The highest BCUT2D eigenvalue weighted by Crippen LogP contribution is 2.33. The van der Waals surface area contributed by atoms with Gasteiger partial charge in [-0.3, -0.25) is 0 Å². The van der Waals surface area contributed by atoms with Crippen LogP contribution in [0.25, 0.3) is 11.0 Å². The second kappa shape index (κ2) is 8.17. The molecule has 2 aromatic heterocycles. The Balaban J connectivity index is 2.07. The highest BCUT2D eigenvalue weighted by atomic mass is 32.1. The third-order valence-corrected chi connectivity index (χ3v) is 5.22. The quantitative estimate of drug-likeness (QED) is 0.612. The van der Waals surface area contributed by atoms with Gasteiger partial charge in [0.25, 0.3) is 0 Å². The average Bonchev–Trinajstić information content (AvgIpc) is 3.11. The summed E-state index contributed by atoms with van der Waals surface area (Å²) in [5.74, 6) is 2.63. The first-order valence-corrected chi connectivity index (χ1v) is 10.3. The first kappa shape index (κ1) is 19.5. The number of aromatic nitrogens is 4. The maximum atomic E-state index is 4.75. The summed E-state index contributed by atoms with van der Waals surface area (Å²) >= 11 is 1.25. The van der Waals surface area contributed by atoms with Crippen molar-refractivity contribution in [1.29, 1.82) is 0 Å². The first-order valence-electron chi connectivity index (χ1n) is 9.55. The lowest BCUT2D eigenvalue weighted by Crippen LogP contribution is -2.27. The molecule has 27 heavy (non-hydrogen) atoms. The van der Waals surface area contributed by atoms with Crippen LogP contribution >= 0.6 is 11.7 Å². The van der Waals surface area contributed by atoms with E-state index in [-0.39, 0.29) is 0 Å². The lowest BCUT2D eigenvalue weighted by Gasteiger charge is -2.26. The highest BCUT2D eigenvalue weighted by Gasteiger charge is 2.18. The van der Waals surface area contributed by atoms with E-state index in [1.54, 1.807) is 0 Å². The summed E-state index contributed by atoms with van der Waals surface area (Å²) in [6.07, 6.45) is 2.18. The monoisotopic (exact) mass is 384 g/mol. The van der Waals surface area contributed by atoms with E-state index in [4.69, 9.17) is 9.97 Å². The van der Waals surface area contributed by atoms with Gasteiger partial charge < -0.3 is 10.2 Å². The zero-order valence-corrected chi connectivity index (χ0v) is 17.9. The third kappa shape index (κ3) is 3.88. The molecule has 0 saturated carbocycles. The van der Waals surface area contributed by atoms with Crippen LogP contribution in [-0.4, -0.2) is 31.8 Å². The minimum Gasteiger partial charge on any atom is -0.356 e. The van der Waals surface area contributed by atoms with Crippen molar-refractivity contribution in [2.75, 3.05) is 23.3 Å². The van der Waals surface area contributed by atoms with Crippen LogP contribution in [0.15, 0.2) is 6.07 Å². The fourth-order valence-corrected chi connectivity index (χ4v) is 4.06. The molecule has 0 aliphatic carbocycles. The Morgan fingerprint density at radius 1 is 0.926 bits per heavy atom. The van der Waals surface area contributed by atoms with Crippen molar-refractivity contribution < 1.29 is 0 Å². The van der Waals surface area contributed by atoms with Crippen LogP contribution in [0.5, 0.6) is 0 Å². The molecule has 0 amide bonds. The summed E-state index contributed by atoms with van der Waals surface area (Å²) in [5.41, 5.74) is 6.20. The van der Waals surface area contributed by atoms with Gasteiger partial charge in [0.1, 0.15) is 28.5 Å². The van der Waals surface area contributed by atoms with Gasteiger partial charge in [-0.1, -0.05) is 19.9 Å². The summed E-state index contributed by atoms with van der Waals surface area (Å²) in [6.45, 7) is 14.6. The molecule has 0 atom stereocenters. The van der Waals surface area contributed by atoms with Gasteiger partial charge in [0.15, 0.2) is 0 Å². The number of nitrogens with zero attached hydrogens (tertiary/aromatic N) is 5. The largest absolute Gasteiger partial charge is 0.356 e. The fraction of sp³-hybridized carbons (Fsp3) is 0.500. The Kier molecular flexibility index (Phi) is 5.89. The number of aryl methyl sites for hydroxylation is 3. The van der Waals surface area contributed by atoms with E-state index in [2.05, 4.69) is 59.6 Å². The molecule has 1 aromatic carbocycles. The number of anilines is 3. The summed E-state index contributed by atoms with van der Waals surface area (Å²) in [6, 6.07) is 2.15. The molecule has 0 spiro atoms. The van der Waals surface area contributed by atoms with Crippen molar-refractivity contribution in [3.05, 3.63) is 28.6 Å². The zero-order valence-electron chi connectivity index (χ0n) is 17.1. The number of rotatable bonds is 7. The van der Waals surface area contributed by atoms with Gasteiger partial charge in [0, 0.05) is 18.7 Å². The summed E-state index contributed by atoms with van der Waals surface area (Å²) < 4.78 is 8.96. The van der Waals surface area contributed by atoms with Crippen molar-refractivity contribution in [2.45, 2.75) is 54.4 Å². The van der Waals surface area contributed by atoms with E-state index in [1.807, 2.05) is 6.92 Å². The topological polar surface area (TPSA) is 66.8 Å². The Bertz CT molecular complexity index is 943. The summed E-state index contributed by atoms with van der Waals surface area (Å²) in [4.78, 5) is 11.8. The van der Waals surface area contributed by atoms with Gasteiger partial charge >= 0.3 is 0 Å². The van der Waals surface area contributed by atoms with Crippen LogP contribution in [0.1, 0.15) is 49.2 Å². The van der Waals surface area contributed by atoms with Crippen LogP contribution < -0.4 is 10.2 Å². The van der Waals surface area contributed by atoms with Gasteiger partial charge in [-0.2, -0.15) is 8.75 Å². The molecule has 7 heteroatoms. The molecule has 144 valence electrons. The average molecular weight is 385 g/mol. The Morgan fingerprint density at radius 2 is 1.59 bits per heavy atom. The predicted molar refractivity (Wildman–Crippen MR) is 114 cm³/mol. The molecule has 3 rings (SSSR count). The molecule has 0 aliphatic rings. The zero-order chi connectivity index (χ0) is 19.6. The van der Waals surface area contributed by atoms with E-state index in [9.17, 15) is 0 Å². The first-order chi connectivity index (χ1) is 13.0. The number of fused-ring (bicyclic) bond motifs is 1. The van der Waals surface area contributed by atoms with Crippen molar-refractivity contribution >= 4 is 40.1 Å². The normalized spacial score (nSPS) is 11.2. The minimum atomic E-state index is 0.771. The van der Waals surface area contributed by atoms with Gasteiger partial charge in [-0.05, 0) is 51.7 Å². The standard InChI is InChI=1S/C20H28N6S/c1-7-9-26(10-8-2)20-14(5)19(21-15(6)22-20)23-16-12(3)11-13(4)17-18(16)25-27-24-17/h11H,7-10H2,1-6H3,(H,21,22,23). The van der Waals surface area contributed by atoms with Gasteiger partial charge in [0.2, 0.25) is 0 Å². The Labute approximate surface area is 165 Å². The van der Waals surface area contributed by atoms with Crippen molar-refractivity contribution in [3.63, 3.8) is 0 Å². The second-order valence-corrected chi connectivity index (χ2v) is 7.56. The van der Waals surface area contributed by atoms with E-state index < -0.39 is 0 Å². The van der Waals surface area contributed by atoms with Crippen LogP contribution in [0.3, 0.4) is 0 Å². The highest BCUT2D eigenvalue weighted by molar-refractivity contribution is 7.00. The Hall–Kier alpha value is -2.28. The van der Waals surface area contributed by atoms with E-state index in [0.29, 0.717) is 0 Å². The molecular weight excluding hydrogens is 356 g/mol. The van der Waals surface area contributed by atoms with Gasteiger partial charge in [-0.25, -0.2) is 9.97 Å². The second-order valence-electron chi connectivity index (χ2n) is 7.03. The number of hydrogen-bond donors (Lipinski definition) is 1. The van der Waals surface area contributed by atoms with Crippen molar-refractivity contribution in [1.82, 2.24) is 18.7 Å². The van der Waals surface area contributed by atoms with Gasteiger partial charge in [0.05, 0.1) is 17.4 Å². The minimum absolute atomic E-state index is 0.771. The summed E-state index contributed by atoms with van der Waals surface area (Å²) in [7, 11) is 0. The van der Waals surface area contributed by atoms with Crippen molar-refractivity contribution in [3.8, 4) is 0 Å². The molecule has 0 saturated heterocycles. The van der Waals surface area contributed by atoms with Crippen LogP contribution in [0.2, 0.25) is 0 Å². The molecular formula is C20H28N6S. The molecule has 0 fully saturated rings. The molecule has 0 bridgehead atoms. The molecule has 0 radical (unpaired) electrons. The molecule has 0 unspecified atom stereocenters. The SMILES string of the molecule is CCCN(CCC)c1nc(C)nc(Nc2c(C)cc(C)c3nsnc23)c1C.